The van der Waals surface area contributed by atoms with Crippen LogP contribution in [0.25, 0.3) is 11.1 Å². The van der Waals surface area contributed by atoms with Gasteiger partial charge in [0.15, 0.2) is 33.4 Å². The van der Waals surface area contributed by atoms with Crippen molar-refractivity contribution in [2.24, 2.45) is 4.99 Å². The number of fused-ring (bicyclic) bond motifs is 4. The summed E-state index contributed by atoms with van der Waals surface area (Å²) >= 11 is 0. The van der Waals surface area contributed by atoms with E-state index < -0.39 is 54.6 Å². The van der Waals surface area contributed by atoms with Crippen molar-refractivity contribution in [3.63, 3.8) is 0 Å². The monoisotopic (exact) mass is 935 g/mol. The first kappa shape index (κ1) is 48.8. The number of anilines is 2. The zero-order valence-corrected chi connectivity index (χ0v) is 35.1. The van der Waals surface area contributed by atoms with Crippen LogP contribution in [0.3, 0.4) is 0 Å². The maximum absolute atomic E-state index is 14.0. The number of amides is 2. The Balaban J connectivity index is 0.00000340. The number of nitrogens with zero attached hydrogens (tertiary/aromatic N) is 3. The molecule has 0 aliphatic carbocycles. The van der Waals surface area contributed by atoms with Crippen molar-refractivity contribution >= 4 is 124 Å². The molecule has 18 nitrogen and oxygen atoms in total. The fourth-order valence-corrected chi connectivity index (χ4v) is 9.53. The predicted molar refractivity (Wildman–Crippen MR) is 242 cm³/mol. The molecule has 0 saturated heterocycles. The summed E-state index contributed by atoms with van der Waals surface area (Å²) in [5.74, 6) is 0.174. The molecule has 3 atom stereocenters. The summed E-state index contributed by atoms with van der Waals surface area (Å²) in [6, 6.07) is 17.5. The minimum absolute atomic E-state index is 0. The Kier molecular flexibility index (Phi) is 14.9. The van der Waals surface area contributed by atoms with Crippen LogP contribution in [0.2, 0.25) is 0 Å². The molecule has 0 aromatic heterocycles. The molecule has 8 rings (SSSR count). The van der Waals surface area contributed by atoms with E-state index in [9.17, 15) is 35.5 Å². The Bertz CT molecular complexity index is 2800. The van der Waals surface area contributed by atoms with Crippen LogP contribution < -0.4 is 34.7 Å². The molecule has 64 heavy (non-hydrogen) atoms. The van der Waals surface area contributed by atoms with E-state index in [1.54, 1.807) is 54.7 Å². The molecule has 4 aromatic rings. The standard InChI is InChI=1S/C42H41N5O13S2.2Na.2H/c1-56-28-11-7-24(8-12-28)26-16-34-40(62(53,54)55)45-32-20-38(36(58-3)18-30(32)42(49)47(34)22-26)60-14-4-13-59-37-19-31-29(17-35(37)57-2)41(48)46-21-25(23-5-9-27(43)10-6-23)15-33(46)39(44-31)61(50,51)52;;;;/h5-12,17-22,33-34,40,45H,4,13-16,43H2,1-3H3,(H,50,51,52)(H,53,54,55);;;;/t33-,34?,40?;;;;/m0..../s1. The maximum atomic E-state index is 14.0. The van der Waals surface area contributed by atoms with E-state index >= 15 is 0 Å². The molecule has 0 spiro atoms. The van der Waals surface area contributed by atoms with Crippen LogP contribution in [0.5, 0.6) is 28.7 Å². The number of ether oxygens (including phenoxy) is 5. The summed E-state index contributed by atoms with van der Waals surface area (Å²) in [4.78, 5) is 34.7. The number of carbonyl (C=O) groups is 2. The number of benzene rings is 4. The normalized spacial score (nSPS) is 18.8. The molecule has 0 saturated carbocycles. The number of methoxy groups -OCH3 is 3. The van der Waals surface area contributed by atoms with Gasteiger partial charge in [-0.2, -0.15) is 16.8 Å². The number of hydrogen-bond acceptors (Lipinski definition) is 14. The summed E-state index contributed by atoms with van der Waals surface area (Å²) < 4.78 is 100.0. The van der Waals surface area contributed by atoms with Crippen LogP contribution in [0.1, 0.15) is 51.1 Å². The van der Waals surface area contributed by atoms with Crippen molar-refractivity contribution in [3.05, 3.63) is 107 Å². The van der Waals surface area contributed by atoms with Gasteiger partial charge < -0.3 is 44.5 Å². The average Bonchev–Trinajstić information content (AvgIpc) is 3.84. The van der Waals surface area contributed by atoms with E-state index in [1.165, 1.54) is 61.6 Å². The zero-order chi connectivity index (χ0) is 44.1. The summed E-state index contributed by atoms with van der Waals surface area (Å²) in [5, 5.41) is 0.666. The van der Waals surface area contributed by atoms with Crippen molar-refractivity contribution in [2.75, 3.05) is 45.6 Å². The zero-order valence-electron chi connectivity index (χ0n) is 33.5. The second-order valence-corrected chi connectivity index (χ2v) is 17.6. The molecule has 4 aliphatic rings. The summed E-state index contributed by atoms with van der Waals surface area (Å²) in [6.45, 7) is 0.0539. The van der Waals surface area contributed by atoms with Gasteiger partial charge in [0.05, 0.1) is 69.1 Å². The van der Waals surface area contributed by atoms with Crippen LogP contribution in [0, 0.1) is 0 Å². The number of nitrogens with two attached hydrogens (primary N) is 1. The Morgan fingerprint density at radius 1 is 0.719 bits per heavy atom. The molecule has 0 radical (unpaired) electrons. The van der Waals surface area contributed by atoms with Crippen molar-refractivity contribution < 1.29 is 59.2 Å². The fraction of sp³-hybridized carbons (Fsp3) is 0.262. The molecular formula is C42H43N5Na2O13S2. The Hall–Kier alpha value is -4.61. The van der Waals surface area contributed by atoms with Crippen LogP contribution in [0.15, 0.2) is 90.2 Å². The number of nitrogens with one attached hydrogen (secondary N) is 1. The fourth-order valence-electron chi connectivity index (χ4n) is 7.87. The number of carbonyl (C=O) groups excluding carboxylic acids is 2. The Labute approximate surface area is 413 Å². The molecule has 2 amide bonds. The molecule has 2 unspecified atom stereocenters. The molecule has 0 fully saturated rings. The third-order valence-electron chi connectivity index (χ3n) is 10.9. The van der Waals surface area contributed by atoms with E-state index in [2.05, 4.69) is 10.3 Å². The first-order valence-electron chi connectivity index (χ1n) is 19.1. The van der Waals surface area contributed by atoms with E-state index in [0.717, 1.165) is 11.1 Å². The van der Waals surface area contributed by atoms with Gasteiger partial charge in [-0.25, -0.2) is 4.99 Å². The van der Waals surface area contributed by atoms with Crippen LogP contribution in [-0.4, -0.2) is 164 Å². The molecule has 4 aromatic carbocycles. The van der Waals surface area contributed by atoms with Gasteiger partial charge in [-0.3, -0.25) is 18.7 Å². The molecule has 4 heterocycles. The van der Waals surface area contributed by atoms with Gasteiger partial charge in [0, 0.05) is 43.1 Å². The Morgan fingerprint density at radius 3 is 1.84 bits per heavy atom. The van der Waals surface area contributed by atoms with Gasteiger partial charge in [0.2, 0.25) is 0 Å². The quantitative estimate of drug-likeness (QED) is 0.0681. The van der Waals surface area contributed by atoms with E-state index in [1.807, 2.05) is 0 Å². The second kappa shape index (κ2) is 19.5. The number of nitrogen functional groups attached to an aromatic ring is 1. The van der Waals surface area contributed by atoms with Crippen molar-refractivity contribution in [1.82, 2.24) is 9.80 Å². The molecule has 4 aliphatic heterocycles. The molecule has 5 N–H and O–H groups in total. The van der Waals surface area contributed by atoms with E-state index in [4.69, 9.17) is 29.4 Å². The van der Waals surface area contributed by atoms with Gasteiger partial charge in [0.25, 0.3) is 21.9 Å². The average molecular weight is 936 g/mol. The third-order valence-corrected chi connectivity index (χ3v) is 12.9. The van der Waals surface area contributed by atoms with Crippen LogP contribution in [0.4, 0.5) is 17.1 Å². The number of hydrogen-bond donors (Lipinski definition) is 4. The molecule has 22 heteroatoms. The molecule has 0 bridgehead atoms. The first-order chi connectivity index (χ1) is 29.6. The van der Waals surface area contributed by atoms with E-state index in [0.29, 0.717) is 22.6 Å². The summed E-state index contributed by atoms with van der Waals surface area (Å²) in [5.41, 5.74) is 9.32. The SMILES string of the molecule is COc1ccc(C2=CN3C(=O)c4cc(OC)c(OCCCOc5cc6c(cc5OC)C(=O)N5C=C(c7ccc(N)cc7)C[C@H]5C(S(=O)(=O)O)=N6)cc4NC(S(=O)(=O)O)C3C2)cc1.[NaH].[NaH]. The van der Waals surface area contributed by atoms with Gasteiger partial charge in [0.1, 0.15) is 5.75 Å². The molecular weight excluding hydrogens is 893 g/mol. The first-order valence-corrected chi connectivity index (χ1v) is 22.1. The van der Waals surface area contributed by atoms with Crippen LogP contribution >= 0.6 is 0 Å². The Morgan fingerprint density at radius 2 is 1.27 bits per heavy atom. The van der Waals surface area contributed by atoms with Gasteiger partial charge >= 0.3 is 69.2 Å². The van der Waals surface area contributed by atoms with Gasteiger partial charge in [-0.1, -0.05) is 24.3 Å². The van der Waals surface area contributed by atoms with Crippen LogP contribution in [-0.2, 0) is 20.2 Å². The predicted octanol–water partition coefficient (Wildman–Crippen LogP) is 3.93. The van der Waals surface area contributed by atoms with Crippen molar-refractivity contribution in [1.29, 1.82) is 0 Å². The second-order valence-electron chi connectivity index (χ2n) is 14.7. The minimum atomic E-state index is -4.88. The topological polar surface area (TPSA) is 246 Å². The van der Waals surface area contributed by atoms with Gasteiger partial charge in [-0.15, -0.1) is 0 Å². The van der Waals surface area contributed by atoms with Gasteiger partial charge in [-0.05, 0) is 65.1 Å². The number of aliphatic imine (C=N–C) groups is 1. The van der Waals surface area contributed by atoms with Crippen molar-refractivity contribution in [3.8, 4) is 28.7 Å². The summed E-state index contributed by atoms with van der Waals surface area (Å²) in [7, 11) is -5.32. The van der Waals surface area contributed by atoms with Crippen molar-refractivity contribution in [2.45, 2.75) is 36.7 Å². The third kappa shape index (κ3) is 9.67. The van der Waals surface area contributed by atoms with E-state index in [-0.39, 0.29) is 137 Å². The molecule has 328 valence electrons. The summed E-state index contributed by atoms with van der Waals surface area (Å²) in [6.07, 6.45) is 3.56. The number of rotatable bonds is 12.